The first kappa shape index (κ1) is 19.2. The number of anilines is 2. The van der Waals surface area contributed by atoms with Crippen LogP contribution in [-0.2, 0) is 4.79 Å². The number of fused-ring (bicyclic) bond motifs is 1. The van der Waals surface area contributed by atoms with Gasteiger partial charge in [-0.25, -0.2) is 4.98 Å². The molecule has 6 nitrogen and oxygen atoms in total. The number of nitrogens with zero attached hydrogens (tertiary/aromatic N) is 4. The number of carbonyl (C=O) groups excluding carboxylic acids is 1. The Bertz CT molecular complexity index is 1000. The van der Waals surface area contributed by atoms with Crippen molar-refractivity contribution in [3.8, 4) is 0 Å². The molecule has 0 atom stereocenters. The summed E-state index contributed by atoms with van der Waals surface area (Å²) in [7, 11) is 0. The molecule has 1 aromatic heterocycles. The Kier molecular flexibility index (Phi) is 5.25. The van der Waals surface area contributed by atoms with Crippen LogP contribution in [0.15, 0.2) is 48.5 Å². The van der Waals surface area contributed by atoms with Crippen LogP contribution in [0.4, 0.5) is 11.6 Å². The number of aromatic nitrogens is 2. The third kappa shape index (κ3) is 3.84. The number of carbonyl (C=O) groups is 1. The summed E-state index contributed by atoms with van der Waals surface area (Å²) in [4.78, 5) is 27.8. The Morgan fingerprint density at radius 1 is 0.933 bits per heavy atom. The second-order valence-electron chi connectivity index (χ2n) is 8.13. The van der Waals surface area contributed by atoms with Gasteiger partial charge >= 0.3 is 0 Å². The molecule has 3 heterocycles. The standard InChI is InChI=1S/C23H26ClN5O/c24-18-4-3-5-19(16-18)27-12-14-28(15-13-27)22(30)17-8-10-29(11-9-17)23-25-20-6-1-2-7-21(20)26-23/h1-7,16-17H,8-15H2,(H,25,26). The molecular weight excluding hydrogens is 398 g/mol. The van der Waals surface area contributed by atoms with Crippen molar-refractivity contribution in [1.82, 2.24) is 14.9 Å². The van der Waals surface area contributed by atoms with Gasteiger partial charge in [0.15, 0.2) is 0 Å². The van der Waals surface area contributed by atoms with Crippen molar-refractivity contribution in [2.45, 2.75) is 12.8 Å². The van der Waals surface area contributed by atoms with Crippen LogP contribution in [0.25, 0.3) is 11.0 Å². The van der Waals surface area contributed by atoms with Gasteiger partial charge in [0.2, 0.25) is 11.9 Å². The zero-order valence-electron chi connectivity index (χ0n) is 16.9. The number of benzene rings is 2. The number of piperazine rings is 1. The van der Waals surface area contributed by atoms with Crippen molar-refractivity contribution >= 4 is 40.2 Å². The van der Waals surface area contributed by atoms with Crippen LogP contribution >= 0.6 is 11.6 Å². The molecule has 0 spiro atoms. The summed E-state index contributed by atoms with van der Waals surface area (Å²) in [6.07, 6.45) is 1.76. The predicted molar refractivity (Wildman–Crippen MR) is 121 cm³/mol. The van der Waals surface area contributed by atoms with Gasteiger partial charge in [0, 0.05) is 55.9 Å². The maximum atomic E-state index is 13.1. The largest absolute Gasteiger partial charge is 0.368 e. The third-order valence-electron chi connectivity index (χ3n) is 6.29. The topological polar surface area (TPSA) is 55.5 Å². The van der Waals surface area contributed by atoms with Gasteiger partial charge in [-0.1, -0.05) is 29.8 Å². The molecule has 0 aliphatic carbocycles. The zero-order valence-corrected chi connectivity index (χ0v) is 17.7. The first-order chi connectivity index (χ1) is 14.7. The lowest BCUT2D eigenvalue weighted by molar-refractivity contribution is -0.136. The molecule has 0 unspecified atom stereocenters. The average Bonchev–Trinajstić information content (AvgIpc) is 3.23. The molecule has 2 aliphatic heterocycles. The summed E-state index contributed by atoms with van der Waals surface area (Å²) < 4.78 is 0. The summed E-state index contributed by atoms with van der Waals surface area (Å²) in [5.74, 6) is 1.34. The van der Waals surface area contributed by atoms with E-state index in [-0.39, 0.29) is 5.92 Å². The number of piperidine rings is 1. The number of rotatable bonds is 3. The highest BCUT2D eigenvalue weighted by Crippen LogP contribution is 2.26. The van der Waals surface area contributed by atoms with Gasteiger partial charge in [0.25, 0.3) is 0 Å². The fraction of sp³-hybridized carbons (Fsp3) is 0.391. The second kappa shape index (κ2) is 8.19. The second-order valence-corrected chi connectivity index (χ2v) is 8.57. The van der Waals surface area contributed by atoms with Crippen molar-refractivity contribution in [1.29, 1.82) is 0 Å². The number of hydrogen-bond acceptors (Lipinski definition) is 4. The molecule has 156 valence electrons. The first-order valence-corrected chi connectivity index (χ1v) is 11.0. The van der Waals surface area contributed by atoms with Crippen LogP contribution in [-0.4, -0.2) is 60.0 Å². The monoisotopic (exact) mass is 423 g/mol. The summed E-state index contributed by atoms with van der Waals surface area (Å²) >= 11 is 6.12. The Morgan fingerprint density at radius 3 is 2.43 bits per heavy atom. The molecule has 7 heteroatoms. The predicted octanol–water partition coefficient (Wildman–Crippen LogP) is 3.78. The van der Waals surface area contributed by atoms with E-state index in [0.29, 0.717) is 5.91 Å². The molecular formula is C23H26ClN5O. The third-order valence-corrected chi connectivity index (χ3v) is 6.52. The molecule has 30 heavy (non-hydrogen) atoms. The molecule has 2 aromatic carbocycles. The lowest BCUT2D eigenvalue weighted by atomic mass is 9.95. The molecule has 0 saturated carbocycles. The lowest BCUT2D eigenvalue weighted by Crippen LogP contribution is -2.51. The Balaban J connectivity index is 1.15. The van der Waals surface area contributed by atoms with Gasteiger partial charge in [-0.2, -0.15) is 0 Å². The minimum atomic E-state index is 0.114. The van der Waals surface area contributed by atoms with E-state index in [4.69, 9.17) is 16.6 Å². The van der Waals surface area contributed by atoms with Crippen LogP contribution in [0.3, 0.4) is 0 Å². The van der Waals surface area contributed by atoms with Crippen molar-refractivity contribution < 1.29 is 4.79 Å². The highest BCUT2D eigenvalue weighted by atomic mass is 35.5. The number of nitrogens with one attached hydrogen (secondary N) is 1. The zero-order chi connectivity index (χ0) is 20.5. The van der Waals surface area contributed by atoms with E-state index in [0.717, 1.165) is 79.8 Å². The summed E-state index contributed by atoms with van der Waals surface area (Å²) in [6.45, 7) is 4.97. The summed E-state index contributed by atoms with van der Waals surface area (Å²) in [5.41, 5.74) is 3.18. The van der Waals surface area contributed by atoms with Gasteiger partial charge in [-0.3, -0.25) is 4.79 Å². The molecule has 5 rings (SSSR count). The van der Waals surface area contributed by atoms with Crippen LogP contribution < -0.4 is 9.80 Å². The molecule has 0 radical (unpaired) electrons. The molecule has 3 aromatic rings. The summed E-state index contributed by atoms with van der Waals surface area (Å²) in [6, 6.07) is 16.0. The lowest BCUT2D eigenvalue weighted by Gasteiger charge is -2.39. The Morgan fingerprint density at radius 2 is 1.70 bits per heavy atom. The first-order valence-electron chi connectivity index (χ1n) is 10.7. The summed E-state index contributed by atoms with van der Waals surface area (Å²) in [5, 5.41) is 0.752. The molecule has 1 N–H and O–H groups in total. The average molecular weight is 424 g/mol. The highest BCUT2D eigenvalue weighted by molar-refractivity contribution is 6.30. The maximum absolute atomic E-state index is 13.1. The van der Waals surface area contributed by atoms with Crippen molar-refractivity contribution in [3.05, 3.63) is 53.6 Å². The number of aromatic amines is 1. The van der Waals surface area contributed by atoms with Crippen molar-refractivity contribution in [2.75, 3.05) is 49.1 Å². The Hall–Kier alpha value is -2.73. The molecule has 1 amide bonds. The minimum absolute atomic E-state index is 0.114. The van der Waals surface area contributed by atoms with Gasteiger partial charge in [-0.15, -0.1) is 0 Å². The fourth-order valence-electron chi connectivity index (χ4n) is 4.54. The van der Waals surface area contributed by atoms with Crippen LogP contribution in [0.5, 0.6) is 0 Å². The van der Waals surface area contributed by atoms with Crippen molar-refractivity contribution in [2.24, 2.45) is 5.92 Å². The van der Waals surface area contributed by atoms with E-state index < -0.39 is 0 Å². The van der Waals surface area contributed by atoms with Gasteiger partial charge < -0.3 is 19.7 Å². The van der Waals surface area contributed by atoms with Crippen LogP contribution in [0.1, 0.15) is 12.8 Å². The number of para-hydroxylation sites is 2. The van der Waals surface area contributed by atoms with E-state index in [9.17, 15) is 4.79 Å². The molecule has 2 saturated heterocycles. The van der Waals surface area contributed by atoms with Gasteiger partial charge in [0.05, 0.1) is 11.0 Å². The SMILES string of the molecule is O=C(C1CCN(c2nc3ccccc3[nH]2)CC1)N1CCN(c2cccc(Cl)c2)CC1. The van der Waals surface area contributed by atoms with E-state index in [1.54, 1.807) is 0 Å². The number of hydrogen-bond donors (Lipinski definition) is 1. The van der Waals surface area contributed by atoms with Crippen LogP contribution in [0.2, 0.25) is 5.02 Å². The number of imidazole rings is 1. The van der Waals surface area contributed by atoms with Crippen molar-refractivity contribution in [3.63, 3.8) is 0 Å². The van der Waals surface area contributed by atoms with E-state index >= 15 is 0 Å². The Labute approximate surface area is 181 Å². The number of halogens is 1. The van der Waals surface area contributed by atoms with Gasteiger partial charge in [-0.05, 0) is 43.2 Å². The van der Waals surface area contributed by atoms with E-state index in [2.05, 4.69) is 20.9 Å². The van der Waals surface area contributed by atoms with Crippen LogP contribution in [0, 0.1) is 5.92 Å². The minimum Gasteiger partial charge on any atom is -0.368 e. The molecule has 0 bridgehead atoms. The quantitative estimate of drug-likeness (QED) is 0.696. The smallest absolute Gasteiger partial charge is 0.225 e. The highest BCUT2D eigenvalue weighted by Gasteiger charge is 2.31. The normalized spacial score (nSPS) is 18.2. The van der Waals surface area contributed by atoms with Gasteiger partial charge in [0.1, 0.15) is 0 Å². The number of amides is 1. The molecule has 2 fully saturated rings. The molecule has 2 aliphatic rings. The number of H-pyrrole nitrogens is 1. The van der Waals surface area contributed by atoms with E-state index in [1.807, 2.05) is 47.4 Å². The fourth-order valence-corrected chi connectivity index (χ4v) is 4.73. The maximum Gasteiger partial charge on any atom is 0.225 e. The van der Waals surface area contributed by atoms with E-state index in [1.165, 1.54) is 0 Å².